The van der Waals surface area contributed by atoms with Crippen molar-refractivity contribution in [2.45, 2.75) is 24.9 Å². The van der Waals surface area contributed by atoms with E-state index < -0.39 is 24.0 Å². The van der Waals surface area contributed by atoms with Crippen LogP contribution >= 0.6 is 0 Å². The monoisotopic (exact) mass is 471 g/mol. The van der Waals surface area contributed by atoms with Crippen molar-refractivity contribution < 1.29 is 36.9 Å². The van der Waals surface area contributed by atoms with E-state index in [9.17, 15) is 9.59 Å². The third-order valence-corrected chi connectivity index (χ3v) is 4.86. The number of carboxylic acid groups (broad SMARTS) is 2. The maximum atomic E-state index is 10.6. The molecule has 4 aromatic rings. The van der Waals surface area contributed by atoms with Gasteiger partial charge >= 0.3 is 11.9 Å². The summed E-state index contributed by atoms with van der Waals surface area (Å²) in [4.78, 5) is 27.4. The summed E-state index contributed by atoms with van der Waals surface area (Å²) in [7, 11) is 0. The fourth-order valence-corrected chi connectivity index (χ4v) is 3.25. The molecule has 0 aliphatic rings. The van der Waals surface area contributed by atoms with E-state index in [0.717, 1.165) is 32.9 Å². The molecule has 8 N–H and O–H groups in total. The van der Waals surface area contributed by atoms with Crippen molar-refractivity contribution in [1.29, 1.82) is 0 Å². The van der Waals surface area contributed by atoms with Gasteiger partial charge in [-0.3, -0.25) is 9.59 Å². The number of aromatic amines is 2. The Morgan fingerprint density at radius 1 is 0.742 bits per heavy atom. The maximum Gasteiger partial charge on any atom is 0.320 e. The summed E-state index contributed by atoms with van der Waals surface area (Å²) < 4.78 is 0. The summed E-state index contributed by atoms with van der Waals surface area (Å²) in [6.45, 7) is 0. The maximum absolute atomic E-state index is 10.6. The van der Waals surface area contributed by atoms with Crippen molar-refractivity contribution in [2.24, 2.45) is 11.5 Å². The van der Waals surface area contributed by atoms with Gasteiger partial charge in [-0.2, -0.15) is 0 Å². The van der Waals surface area contributed by atoms with E-state index in [4.69, 9.17) is 21.7 Å². The summed E-state index contributed by atoms with van der Waals surface area (Å²) in [6, 6.07) is 13.8. The van der Waals surface area contributed by atoms with E-state index in [0.29, 0.717) is 12.8 Å². The second-order valence-electron chi connectivity index (χ2n) is 7.02. The number of carboxylic acids is 2. The minimum absolute atomic E-state index is 0. The molecule has 0 aliphatic heterocycles. The second-order valence-corrected chi connectivity index (χ2v) is 7.02. The second kappa shape index (κ2) is 10.8. The van der Waals surface area contributed by atoms with Crippen LogP contribution in [0.5, 0.6) is 0 Å². The molecule has 1 radical (unpaired) electrons. The van der Waals surface area contributed by atoms with E-state index in [1.54, 1.807) is 0 Å². The third-order valence-electron chi connectivity index (χ3n) is 4.86. The number of aliphatic carboxylic acids is 2. The number of nitrogens with one attached hydrogen (secondary N) is 2. The van der Waals surface area contributed by atoms with E-state index in [1.807, 2.05) is 60.9 Å². The van der Waals surface area contributed by atoms with Crippen molar-refractivity contribution in [3.63, 3.8) is 0 Å². The molecule has 8 nitrogen and oxygen atoms in total. The summed E-state index contributed by atoms with van der Waals surface area (Å²) in [5, 5.41) is 19.5. The molecule has 4 rings (SSSR count). The van der Waals surface area contributed by atoms with Crippen LogP contribution in [0.1, 0.15) is 11.1 Å². The molecule has 167 valence electrons. The molecule has 0 amide bonds. The van der Waals surface area contributed by atoms with Crippen molar-refractivity contribution >= 4 is 33.7 Å². The fraction of sp³-hybridized carbons (Fsp3) is 0.182. The van der Waals surface area contributed by atoms with Gasteiger partial charge in [0.1, 0.15) is 12.1 Å². The Labute approximate surface area is 189 Å². The van der Waals surface area contributed by atoms with Crippen LogP contribution in [0.4, 0.5) is 0 Å². The SMILES string of the molecule is N[C@@H](Cc1c[nH]c2ccccc12)C(=O)O.N[C@@H](Cc1c[nH]c2ccccc12)C(=O)O.[Cu]. The molecular formula is C22H24CuN4O4. The Bertz CT molecular complexity index is 1080. The molecule has 2 heterocycles. The van der Waals surface area contributed by atoms with Gasteiger partial charge < -0.3 is 31.6 Å². The van der Waals surface area contributed by atoms with Gasteiger partial charge in [0.15, 0.2) is 0 Å². The van der Waals surface area contributed by atoms with Crippen molar-refractivity contribution in [3.8, 4) is 0 Å². The van der Waals surface area contributed by atoms with Crippen LogP contribution in [0.15, 0.2) is 60.9 Å². The number of benzene rings is 2. The average molecular weight is 472 g/mol. The Balaban J connectivity index is 0.000000213. The van der Waals surface area contributed by atoms with E-state index in [1.165, 1.54) is 0 Å². The number of hydrogen-bond donors (Lipinski definition) is 6. The topological polar surface area (TPSA) is 158 Å². The molecule has 0 saturated carbocycles. The van der Waals surface area contributed by atoms with Gasteiger partial charge in [-0.15, -0.1) is 0 Å². The van der Waals surface area contributed by atoms with Crippen LogP contribution in [-0.2, 0) is 39.5 Å². The van der Waals surface area contributed by atoms with E-state index in [2.05, 4.69) is 9.97 Å². The Morgan fingerprint density at radius 2 is 1.10 bits per heavy atom. The largest absolute Gasteiger partial charge is 0.480 e. The Hall–Kier alpha value is -3.10. The number of para-hydroxylation sites is 2. The first kappa shape index (κ1) is 24.2. The molecule has 0 saturated heterocycles. The minimum Gasteiger partial charge on any atom is -0.480 e. The number of rotatable bonds is 6. The van der Waals surface area contributed by atoms with E-state index >= 15 is 0 Å². The average Bonchev–Trinajstić information content (AvgIpc) is 3.33. The fourth-order valence-electron chi connectivity index (χ4n) is 3.25. The first-order valence-electron chi connectivity index (χ1n) is 9.43. The summed E-state index contributed by atoms with van der Waals surface area (Å²) in [6.07, 6.45) is 4.32. The summed E-state index contributed by atoms with van der Waals surface area (Å²) >= 11 is 0. The van der Waals surface area contributed by atoms with Crippen LogP contribution in [0.3, 0.4) is 0 Å². The standard InChI is InChI=1S/2C11H12N2O2.Cu/c2*12-9(11(14)15)5-7-6-13-10-4-2-1-3-8(7)10;/h2*1-4,6,9,13H,5,12H2,(H,14,15);/t2*9-;/m00./s1. The predicted molar refractivity (Wildman–Crippen MR) is 115 cm³/mol. The molecule has 0 fully saturated rings. The third kappa shape index (κ3) is 5.96. The molecule has 31 heavy (non-hydrogen) atoms. The summed E-state index contributed by atoms with van der Waals surface area (Å²) in [5.74, 6) is -1.94. The molecule has 0 unspecified atom stereocenters. The van der Waals surface area contributed by atoms with Gasteiger partial charge in [0.25, 0.3) is 0 Å². The first-order chi connectivity index (χ1) is 14.4. The van der Waals surface area contributed by atoms with Crippen LogP contribution in [0.25, 0.3) is 21.8 Å². The number of H-pyrrole nitrogens is 2. The van der Waals surface area contributed by atoms with Crippen LogP contribution < -0.4 is 11.5 Å². The molecule has 9 heteroatoms. The Morgan fingerprint density at radius 3 is 1.45 bits per heavy atom. The molecule has 0 aliphatic carbocycles. The van der Waals surface area contributed by atoms with Crippen LogP contribution in [0.2, 0.25) is 0 Å². The predicted octanol–water partition coefficient (Wildman–Crippen LogP) is 2.24. The van der Waals surface area contributed by atoms with Gasteiger partial charge in [0.2, 0.25) is 0 Å². The quantitative estimate of drug-likeness (QED) is 0.236. The van der Waals surface area contributed by atoms with Gasteiger partial charge in [-0.25, -0.2) is 0 Å². The molecular weight excluding hydrogens is 448 g/mol. The van der Waals surface area contributed by atoms with Crippen LogP contribution in [0, 0.1) is 0 Å². The zero-order chi connectivity index (χ0) is 21.7. The number of hydrogen-bond acceptors (Lipinski definition) is 4. The molecule has 2 atom stereocenters. The van der Waals surface area contributed by atoms with Gasteiger partial charge in [0, 0.05) is 64.1 Å². The molecule has 0 bridgehead atoms. The smallest absolute Gasteiger partial charge is 0.320 e. The van der Waals surface area contributed by atoms with Gasteiger partial charge in [-0.05, 0) is 23.3 Å². The zero-order valence-corrected chi connectivity index (χ0v) is 17.5. The number of carbonyl (C=O) groups is 2. The van der Waals surface area contributed by atoms with Crippen molar-refractivity contribution in [3.05, 3.63) is 72.1 Å². The normalized spacial score (nSPS) is 12.5. The van der Waals surface area contributed by atoms with Crippen LogP contribution in [-0.4, -0.2) is 44.2 Å². The molecule has 0 spiro atoms. The van der Waals surface area contributed by atoms with Crippen molar-refractivity contribution in [2.75, 3.05) is 0 Å². The minimum atomic E-state index is -0.972. The van der Waals surface area contributed by atoms with E-state index in [-0.39, 0.29) is 17.1 Å². The van der Waals surface area contributed by atoms with Gasteiger partial charge in [0.05, 0.1) is 0 Å². The number of aromatic nitrogens is 2. The first-order valence-corrected chi connectivity index (χ1v) is 9.43. The van der Waals surface area contributed by atoms with Gasteiger partial charge in [-0.1, -0.05) is 36.4 Å². The van der Waals surface area contributed by atoms with Crippen molar-refractivity contribution in [1.82, 2.24) is 9.97 Å². The summed E-state index contributed by atoms with van der Waals surface area (Å²) in [5.41, 5.74) is 14.9. The zero-order valence-electron chi connectivity index (χ0n) is 16.5. The molecule has 2 aromatic heterocycles. The molecule has 2 aromatic carbocycles. The number of fused-ring (bicyclic) bond motifs is 2. The number of nitrogens with two attached hydrogens (primary N) is 2. The Kier molecular flexibility index (Phi) is 8.41.